The van der Waals surface area contributed by atoms with E-state index in [-0.39, 0.29) is 25.7 Å². The number of nitrogens with two attached hydrogens (primary N) is 1. The number of carbonyl (C=O) groups excluding carboxylic acids is 1. The largest absolute Gasteiger partial charge is 0.472 e. The summed E-state index contributed by atoms with van der Waals surface area (Å²) < 4.78 is 21.9. The van der Waals surface area contributed by atoms with Crippen molar-refractivity contribution in [3.8, 4) is 0 Å². The Morgan fingerprint density at radius 3 is 1.85 bits per heavy atom. The SMILES string of the molecule is CCCC/C=C/CC/C=C/C(O)C(COP(=O)(O)OCCN)NC(=O)CCCCCCCCCCCCCCCC. The fraction of sp³-hybridized carbons (Fsp3) is 0.844. The van der Waals surface area contributed by atoms with E-state index in [1.165, 1.54) is 83.5 Å². The van der Waals surface area contributed by atoms with Gasteiger partial charge >= 0.3 is 7.82 Å². The van der Waals surface area contributed by atoms with Crippen molar-refractivity contribution in [3.05, 3.63) is 24.3 Å². The number of phosphoric acid groups is 1. The monoisotopic (exact) mass is 602 g/mol. The lowest BCUT2D eigenvalue weighted by atomic mass is 10.0. The molecule has 1 amide bonds. The molecule has 0 saturated heterocycles. The van der Waals surface area contributed by atoms with Crippen molar-refractivity contribution in [2.24, 2.45) is 5.73 Å². The maximum atomic E-state index is 12.6. The predicted octanol–water partition coefficient (Wildman–Crippen LogP) is 7.88. The number of amides is 1. The molecule has 242 valence electrons. The van der Waals surface area contributed by atoms with Gasteiger partial charge in [-0.05, 0) is 25.7 Å². The molecule has 0 fully saturated rings. The number of nitrogens with one attached hydrogen (secondary N) is 1. The van der Waals surface area contributed by atoms with Gasteiger partial charge in [-0.1, -0.05) is 134 Å². The van der Waals surface area contributed by atoms with Gasteiger partial charge in [0.2, 0.25) is 5.91 Å². The molecule has 0 radical (unpaired) electrons. The molecule has 0 saturated carbocycles. The van der Waals surface area contributed by atoms with Crippen molar-refractivity contribution in [2.75, 3.05) is 19.8 Å². The molecular formula is C32H63N2O6P. The number of aliphatic hydroxyl groups excluding tert-OH is 1. The lowest BCUT2D eigenvalue weighted by Crippen LogP contribution is -2.45. The number of phosphoric ester groups is 1. The Kier molecular flexibility index (Phi) is 28.3. The van der Waals surface area contributed by atoms with Gasteiger partial charge < -0.3 is 21.1 Å². The highest BCUT2D eigenvalue weighted by molar-refractivity contribution is 7.47. The van der Waals surface area contributed by atoms with Crippen molar-refractivity contribution < 1.29 is 28.4 Å². The van der Waals surface area contributed by atoms with Gasteiger partial charge in [0.25, 0.3) is 0 Å². The van der Waals surface area contributed by atoms with Crippen LogP contribution in [0.3, 0.4) is 0 Å². The van der Waals surface area contributed by atoms with Crippen molar-refractivity contribution in [2.45, 2.75) is 154 Å². The van der Waals surface area contributed by atoms with Crippen LogP contribution in [-0.2, 0) is 18.4 Å². The van der Waals surface area contributed by atoms with E-state index in [0.29, 0.717) is 6.42 Å². The van der Waals surface area contributed by atoms with Crippen LogP contribution >= 0.6 is 7.82 Å². The Bertz CT molecular complexity index is 704. The fourth-order valence-electron chi connectivity index (χ4n) is 4.48. The summed E-state index contributed by atoms with van der Waals surface area (Å²) in [6.07, 6.45) is 29.5. The predicted molar refractivity (Wildman–Crippen MR) is 171 cm³/mol. The number of carbonyl (C=O) groups is 1. The van der Waals surface area contributed by atoms with E-state index in [2.05, 4.69) is 31.3 Å². The Labute approximate surface area is 251 Å². The van der Waals surface area contributed by atoms with Gasteiger partial charge in [-0.15, -0.1) is 0 Å². The summed E-state index contributed by atoms with van der Waals surface area (Å²) >= 11 is 0. The summed E-state index contributed by atoms with van der Waals surface area (Å²) in [5.74, 6) is -0.209. The molecule has 9 heteroatoms. The first-order chi connectivity index (χ1) is 19.9. The van der Waals surface area contributed by atoms with Crippen molar-refractivity contribution >= 4 is 13.7 Å². The molecule has 0 aromatic heterocycles. The molecule has 3 unspecified atom stereocenters. The van der Waals surface area contributed by atoms with Gasteiger partial charge in [-0.3, -0.25) is 13.8 Å². The number of rotatable bonds is 30. The van der Waals surface area contributed by atoms with Crippen LogP contribution in [0.1, 0.15) is 142 Å². The first-order valence-electron chi connectivity index (χ1n) is 16.5. The van der Waals surface area contributed by atoms with E-state index in [1.807, 2.05) is 6.08 Å². The molecule has 0 spiro atoms. The summed E-state index contributed by atoms with van der Waals surface area (Å²) in [4.78, 5) is 22.4. The molecular weight excluding hydrogens is 539 g/mol. The van der Waals surface area contributed by atoms with E-state index >= 15 is 0 Å². The molecule has 3 atom stereocenters. The normalized spacial score (nSPS) is 15.0. The second-order valence-corrected chi connectivity index (χ2v) is 12.5. The second-order valence-electron chi connectivity index (χ2n) is 11.0. The van der Waals surface area contributed by atoms with Gasteiger partial charge in [-0.25, -0.2) is 4.57 Å². The average Bonchev–Trinajstić information content (AvgIpc) is 2.95. The highest BCUT2D eigenvalue weighted by Crippen LogP contribution is 2.43. The molecule has 5 N–H and O–H groups in total. The number of hydrogen-bond acceptors (Lipinski definition) is 6. The first-order valence-corrected chi connectivity index (χ1v) is 18.0. The summed E-state index contributed by atoms with van der Waals surface area (Å²) in [6.45, 7) is 4.01. The van der Waals surface area contributed by atoms with E-state index < -0.39 is 20.0 Å². The zero-order chi connectivity index (χ0) is 30.4. The molecule has 0 heterocycles. The van der Waals surface area contributed by atoms with Crippen LogP contribution in [0.15, 0.2) is 24.3 Å². The number of unbranched alkanes of at least 4 members (excludes halogenated alkanes) is 16. The minimum Gasteiger partial charge on any atom is -0.387 e. The molecule has 0 aromatic carbocycles. The molecule has 0 bridgehead atoms. The van der Waals surface area contributed by atoms with Crippen LogP contribution < -0.4 is 11.1 Å². The van der Waals surface area contributed by atoms with E-state index in [1.54, 1.807) is 6.08 Å². The number of hydrogen-bond donors (Lipinski definition) is 4. The average molecular weight is 603 g/mol. The van der Waals surface area contributed by atoms with Crippen molar-refractivity contribution in [1.82, 2.24) is 5.32 Å². The molecule has 0 rings (SSSR count). The second kappa shape index (κ2) is 29.1. The van der Waals surface area contributed by atoms with Crippen LogP contribution in [0.4, 0.5) is 0 Å². The van der Waals surface area contributed by atoms with E-state index in [9.17, 15) is 19.4 Å². The van der Waals surface area contributed by atoms with Gasteiger partial charge in [0, 0.05) is 13.0 Å². The molecule has 8 nitrogen and oxygen atoms in total. The summed E-state index contributed by atoms with van der Waals surface area (Å²) in [5.41, 5.74) is 5.32. The van der Waals surface area contributed by atoms with Crippen LogP contribution in [0.5, 0.6) is 0 Å². The van der Waals surface area contributed by atoms with E-state index in [0.717, 1.165) is 38.5 Å². The van der Waals surface area contributed by atoms with Gasteiger partial charge in [-0.2, -0.15) is 0 Å². The fourth-order valence-corrected chi connectivity index (χ4v) is 5.24. The minimum atomic E-state index is -4.32. The Morgan fingerprint density at radius 2 is 1.29 bits per heavy atom. The molecule has 0 aliphatic carbocycles. The van der Waals surface area contributed by atoms with Crippen LogP contribution in [0.2, 0.25) is 0 Å². The third-order valence-electron chi connectivity index (χ3n) is 7.03. The zero-order valence-electron chi connectivity index (χ0n) is 26.3. The lowest BCUT2D eigenvalue weighted by Gasteiger charge is -2.23. The summed E-state index contributed by atoms with van der Waals surface area (Å²) in [5, 5.41) is 13.4. The van der Waals surface area contributed by atoms with Gasteiger partial charge in [0.05, 0.1) is 25.4 Å². The smallest absolute Gasteiger partial charge is 0.387 e. The number of aliphatic hydroxyl groups is 1. The minimum absolute atomic E-state index is 0.0749. The van der Waals surface area contributed by atoms with Gasteiger partial charge in [0.1, 0.15) is 0 Å². The first kappa shape index (κ1) is 40.0. The third-order valence-corrected chi connectivity index (χ3v) is 8.01. The summed E-state index contributed by atoms with van der Waals surface area (Å²) in [7, 11) is -4.32. The maximum absolute atomic E-state index is 12.6. The highest BCUT2D eigenvalue weighted by atomic mass is 31.2. The molecule has 0 aliphatic rings. The van der Waals surface area contributed by atoms with Crippen LogP contribution in [-0.4, -0.2) is 47.8 Å². The Balaban J connectivity index is 4.34. The van der Waals surface area contributed by atoms with Crippen LogP contribution in [0, 0.1) is 0 Å². The molecule has 0 aromatic rings. The van der Waals surface area contributed by atoms with Gasteiger partial charge in [0.15, 0.2) is 0 Å². The third kappa shape index (κ3) is 27.6. The Morgan fingerprint density at radius 1 is 0.780 bits per heavy atom. The standard InChI is InChI=1S/C32H63N2O6P/c1-3-5-7-9-11-13-14-15-16-17-18-20-22-24-26-32(36)34-30(29-40-41(37,38)39-28-27-33)31(35)25-23-21-19-12-10-8-6-4-2/h10,12,23,25,30-31,35H,3-9,11,13-22,24,26-29,33H2,1-2H3,(H,34,36)(H,37,38)/b12-10+,25-23+. The van der Waals surface area contributed by atoms with Crippen molar-refractivity contribution in [3.63, 3.8) is 0 Å². The highest BCUT2D eigenvalue weighted by Gasteiger charge is 2.26. The van der Waals surface area contributed by atoms with Crippen LogP contribution in [0.25, 0.3) is 0 Å². The summed E-state index contributed by atoms with van der Waals surface area (Å²) in [6, 6.07) is -0.868. The zero-order valence-corrected chi connectivity index (χ0v) is 27.2. The molecule has 0 aliphatic heterocycles. The maximum Gasteiger partial charge on any atom is 0.472 e. The lowest BCUT2D eigenvalue weighted by molar-refractivity contribution is -0.123. The van der Waals surface area contributed by atoms with Crippen molar-refractivity contribution in [1.29, 1.82) is 0 Å². The number of allylic oxidation sites excluding steroid dienone is 3. The van der Waals surface area contributed by atoms with E-state index in [4.69, 9.17) is 14.8 Å². The Hall–Kier alpha value is -1.02. The quantitative estimate of drug-likeness (QED) is 0.0374. The molecule has 41 heavy (non-hydrogen) atoms. The topological polar surface area (TPSA) is 131 Å².